The molecule has 1 aromatic rings. The number of nitrogens with one attached hydrogen (secondary N) is 1. The number of carbonyl (C=O) groups is 2. The molecule has 11 nitrogen and oxygen atoms in total. The third kappa shape index (κ3) is 3.52. The van der Waals surface area contributed by atoms with Gasteiger partial charge in [-0.2, -0.15) is 5.21 Å². The first-order valence-corrected chi connectivity index (χ1v) is 9.54. The molecule has 1 spiro atoms. The summed E-state index contributed by atoms with van der Waals surface area (Å²) in [5.41, 5.74) is -0.828. The Morgan fingerprint density at radius 2 is 2.14 bits per heavy atom. The third-order valence-corrected chi connectivity index (χ3v) is 5.23. The summed E-state index contributed by atoms with van der Waals surface area (Å²) in [4.78, 5) is 34.4. The van der Waals surface area contributed by atoms with Crippen molar-refractivity contribution in [1.82, 2.24) is 30.4 Å². The van der Waals surface area contributed by atoms with Crippen molar-refractivity contribution in [3.8, 4) is 0 Å². The number of carbonyl (C=O) groups excluding carboxylic acids is 2. The molecule has 2 fully saturated rings. The number of aromatic nitrogens is 4. The van der Waals surface area contributed by atoms with Gasteiger partial charge in [-0.25, -0.2) is 4.79 Å². The fourth-order valence-electron chi connectivity index (χ4n) is 3.94. The summed E-state index contributed by atoms with van der Waals surface area (Å²) in [5.74, 6) is 0.344. The molecule has 0 aliphatic carbocycles. The Labute approximate surface area is 162 Å². The summed E-state index contributed by atoms with van der Waals surface area (Å²) in [6, 6.07) is -0.202. The maximum Gasteiger partial charge on any atom is 0.410 e. The standard InChI is InChI=1S/C17H25N7O4/c1-16(2,3)27-15(26)23-8-6-17(10-23)9-11(20-28-17)14(25)24-7-4-5-12(24)13-18-21-22-19-13/h12H,4-10H2,1-3H3,(H,18,19,21,22). The smallest absolute Gasteiger partial charge is 0.410 e. The van der Waals surface area contributed by atoms with E-state index in [1.54, 1.807) is 9.80 Å². The molecule has 2 atom stereocenters. The quantitative estimate of drug-likeness (QED) is 0.797. The Morgan fingerprint density at radius 3 is 2.86 bits per heavy atom. The van der Waals surface area contributed by atoms with Crippen LogP contribution >= 0.6 is 0 Å². The molecular weight excluding hydrogens is 366 g/mol. The molecule has 28 heavy (non-hydrogen) atoms. The van der Waals surface area contributed by atoms with E-state index < -0.39 is 11.2 Å². The molecule has 1 N–H and O–H groups in total. The highest BCUT2D eigenvalue weighted by Gasteiger charge is 2.50. The van der Waals surface area contributed by atoms with Crippen LogP contribution in [0.3, 0.4) is 0 Å². The van der Waals surface area contributed by atoms with Crippen LogP contribution in [0.2, 0.25) is 0 Å². The van der Waals surface area contributed by atoms with E-state index in [0.29, 0.717) is 44.0 Å². The maximum absolute atomic E-state index is 13.0. The SMILES string of the molecule is CC(C)(C)OC(=O)N1CCC2(CC(C(=O)N3CCCC3c3nn[nH]n3)=NO2)C1. The third-order valence-electron chi connectivity index (χ3n) is 5.23. The van der Waals surface area contributed by atoms with Gasteiger partial charge in [0.1, 0.15) is 11.3 Å². The van der Waals surface area contributed by atoms with Crippen LogP contribution in [0.15, 0.2) is 5.16 Å². The lowest BCUT2D eigenvalue weighted by atomic mass is 9.96. The molecule has 152 valence electrons. The molecular formula is C17H25N7O4. The number of ether oxygens (including phenoxy) is 1. The lowest BCUT2D eigenvalue weighted by Gasteiger charge is -2.26. The second-order valence-electron chi connectivity index (χ2n) is 8.57. The van der Waals surface area contributed by atoms with Crippen LogP contribution in [-0.4, -0.2) is 79.0 Å². The molecule has 1 aromatic heterocycles. The van der Waals surface area contributed by atoms with Gasteiger partial charge in [-0.3, -0.25) is 4.79 Å². The summed E-state index contributed by atoms with van der Waals surface area (Å²) in [7, 11) is 0. The molecule has 4 rings (SSSR count). The molecule has 11 heteroatoms. The largest absolute Gasteiger partial charge is 0.444 e. The Balaban J connectivity index is 1.39. The van der Waals surface area contributed by atoms with Gasteiger partial charge in [0.2, 0.25) is 0 Å². The van der Waals surface area contributed by atoms with E-state index >= 15 is 0 Å². The van der Waals surface area contributed by atoms with E-state index in [4.69, 9.17) is 9.57 Å². The minimum Gasteiger partial charge on any atom is -0.444 e. The zero-order valence-electron chi connectivity index (χ0n) is 16.3. The van der Waals surface area contributed by atoms with E-state index in [-0.39, 0.29) is 18.0 Å². The van der Waals surface area contributed by atoms with Crippen molar-refractivity contribution in [2.45, 2.75) is 63.7 Å². The normalized spacial score (nSPS) is 27.2. The number of nitrogens with zero attached hydrogens (tertiary/aromatic N) is 6. The van der Waals surface area contributed by atoms with Crippen molar-refractivity contribution in [1.29, 1.82) is 0 Å². The monoisotopic (exact) mass is 391 g/mol. The number of aromatic amines is 1. The summed E-state index contributed by atoms with van der Waals surface area (Å²) >= 11 is 0. The van der Waals surface area contributed by atoms with Crippen LogP contribution < -0.4 is 0 Å². The molecule has 0 bridgehead atoms. The van der Waals surface area contributed by atoms with Gasteiger partial charge in [-0.1, -0.05) is 10.4 Å². The first-order valence-electron chi connectivity index (χ1n) is 9.54. The first-order chi connectivity index (χ1) is 13.3. The Hall–Kier alpha value is -2.72. The van der Waals surface area contributed by atoms with E-state index in [0.717, 1.165) is 12.8 Å². The van der Waals surface area contributed by atoms with Crippen molar-refractivity contribution < 1.29 is 19.2 Å². The van der Waals surface area contributed by atoms with Crippen LogP contribution in [0.1, 0.15) is 58.3 Å². The van der Waals surface area contributed by atoms with Crippen LogP contribution in [0.4, 0.5) is 4.79 Å². The van der Waals surface area contributed by atoms with Crippen molar-refractivity contribution in [3.63, 3.8) is 0 Å². The number of hydrogen-bond donors (Lipinski definition) is 1. The molecule has 2 amide bonds. The van der Waals surface area contributed by atoms with Gasteiger partial charge in [-0.15, -0.1) is 10.2 Å². The van der Waals surface area contributed by atoms with Crippen molar-refractivity contribution >= 4 is 17.7 Å². The highest BCUT2D eigenvalue weighted by atomic mass is 16.7. The number of amides is 2. The summed E-state index contributed by atoms with van der Waals surface area (Å²) < 4.78 is 5.43. The summed E-state index contributed by atoms with van der Waals surface area (Å²) in [5, 5.41) is 18.1. The molecule has 0 radical (unpaired) electrons. The lowest BCUT2D eigenvalue weighted by molar-refractivity contribution is -0.125. The van der Waals surface area contributed by atoms with Crippen LogP contribution in [-0.2, 0) is 14.4 Å². The second-order valence-corrected chi connectivity index (χ2v) is 8.57. The number of oxime groups is 1. The van der Waals surface area contributed by atoms with E-state index in [2.05, 4.69) is 25.8 Å². The fourth-order valence-corrected chi connectivity index (χ4v) is 3.94. The van der Waals surface area contributed by atoms with Crippen LogP contribution in [0.25, 0.3) is 0 Å². The van der Waals surface area contributed by atoms with Crippen molar-refractivity contribution in [3.05, 3.63) is 5.82 Å². The van der Waals surface area contributed by atoms with Gasteiger partial charge < -0.3 is 19.4 Å². The van der Waals surface area contributed by atoms with Gasteiger partial charge in [0.15, 0.2) is 11.4 Å². The lowest BCUT2D eigenvalue weighted by Crippen LogP contribution is -2.41. The highest BCUT2D eigenvalue weighted by Crippen LogP contribution is 2.36. The minimum absolute atomic E-state index is 0.167. The Morgan fingerprint density at radius 1 is 1.32 bits per heavy atom. The highest BCUT2D eigenvalue weighted by molar-refractivity contribution is 6.39. The molecule has 3 aliphatic heterocycles. The number of likely N-dealkylation sites (tertiary alicyclic amines) is 2. The zero-order valence-corrected chi connectivity index (χ0v) is 16.3. The molecule has 2 saturated heterocycles. The predicted octanol–water partition coefficient (Wildman–Crippen LogP) is 1.02. The van der Waals surface area contributed by atoms with E-state index in [1.807, 2.05) is 20.8 Å². The number of hydrogen-bond acceptors (Lipinski definition) is 8. The topological polar surface area (TPSA) is 126 Å². The summed E-state index contributed by atoms with van der Waals surface area (Å²) in [6.45, 7) is 6.99. The zero-order chi connectivity index (χ0) is 19.9. The van der Waals surface area contributed by atoms with Gasteiger partial charge in [0.05, 0.1) is 12.6 Å². The van der Waals surface area contributed by atoms with Crippen molar-refractivity contribution in [2.24, 2.45) is 5.16 Å². The van der Waals surface area contributed by atoms with Gasteiger partial charge in [0.25, 0.3) is 5.91 Å². The number of rotatable bonds is 2. The Kier molecular flexibility index (Phi) is 4.47. The van der Waals surface area contributed by atoms with Crippen LogP contribution in [0.5, 0.6) is 0 Å². The van der Waals surface area contributed by atoms with E-state index in [1.165, 1.54) is 0 Å². The molecule has 2 unspecified atom stereocenters. The molecule has 3 aliphatic rings. The summed E-state index contributed by atoms with van der Waals surface area (Å²) in [6.07, 6.45) is 2.28. The molecule has 0 aromatic carbocycles. The molecule has 0 saturated carbocycles. The average molecular weight is 391 g/mol. The average Bonchev–Trinajstić information content (AvgIpc) is 3.41. The van der Waals surface area contributed by atoms with Crippen LogP contribution in [0, 0.1) is 0 Å². The predicted molar refractivity (Wildman–Crippen MR) is 96.2 cm³/mol. The number of H-pyrrole nitrogens is 1. The van der Waals surface area contributed by atoms with Gasteiger partial charge in [0, 0.05) is 25.9 Å². The fraction of sp³-hybridized carbons (Fsp3) is 0.765. The maximum atomic E-state index is 13.0. The van der Waals surface area contributed by atoms with Crippen molar-refractivity contribution in [2.75, 3.05) is 19.6 Å². The first kappa shape index (κ1) is 18.6. The molecule has 4 heterocycles. The minimum atomic E-state index is -0.650. The van der Waals surface area contributed by atoms with Gasteiger partial charge >= 0.3 is 6.09 Å². The van der Waals surface area contributed by atoms with Gasteiger partial charge in [-0.05, 0) is 33.6 Å². The van der Waals surface area contributed by atoms with E-state index in [9.17, 15) is 9.59 Å². The Bertz CT molecular complexity index is 788. The second kappa shape index (κ2) is 6.71. The number of tetrazole rings is 1.